The fourth-order valence-electron chi connectivity index (χ4n) is 1.40. The molecular weight excluding hydrogens is 306 g/mol. The summed E-state index contributed by atoms with van der Waals surface area (Å²) in [5.74, 6) is 0. The molecule has 0 aromatic heterocycles. The number of rotatable bonds is 5. The van der Waals surface area contributed by atoms with Crippen molar-refractivity contribution in [3.05, 3.63) is 28.2 Å². The quantitative estimate of drug-likeness (QED) is 0.869. The van der Waals surface area contributed by atoms with Crippen LogP contribution in [0.15, 0.2) is 27.6 Å². The molecule has 1 aromatic rings. The highest BCUT2D eigenvalue weighted by atomic mass is 79.9. The summed E-state index contributed by atoms with van der Waals surface area (Å²) >= 11 is 3.25. The van der Waals surface area contributed by atoms with Crippen molar-refractivity contribution in [2.75, 3.05) is 6.61 Å². The van der Waals surface area contributed by atoms with Crippen LogP contribution in [-0.4, -0.2) is 26.2 Å². The van der Waals surface area contributed by atoms with E-state index in [1.165, 1.54) is 0 Å². The molecular formula is C11H16BrNO3S. The third-order valence-corrected chi connectivity index (χ3v) is 4.63. The average Bonchev–Trinajstić information content (AvgIpc) is 2.29. The van der Waals surface area contributed by atoms with Gasteiger partial charge in [0.05, 0.1) is 11.5 Å². The van der Waals surface area contributed by atoms with Crippen molar-refractivity contribution in [3.8, 4) is 0 Å². The van der Waals surface area contributed by atoms with E-state index in [1.807, 2.05) is 6.92 Å². The third-order valence-electron chi connectivity index (χ3n) is 2.47. The molecule has 0 fully saturated rings. The van der Waals surface area contributed by atoms with Crippen LogP contribution in [0, 0.1) is 6.92 Å². The Morgan fingerprint density at radius 3 is 2.65 bits per heavy atom. The molecule has 0 unspecified atom stereocenters. The van der Waals surface area contributed by atoms with Gasteiger partial charge in [0.1, 0.15) is 0 Å². The van der Waals surface area contributed by atoms with Gasteiger partial charge in [0.2, 0.25) is 10.0 Å². The number of sulfonamides is 1. The molecule has 0 aliphatic carbocycles. The summed E-state index contributed by atoms with van der Waals surface area (Å²) in [6, 6.07) is 4.64. The van der Waals surface area contributed by atoms with Crippen LogP contribution in [0.2, 0.25) is 0 Å². The van der Waals surface area contributed by atoms with Gasteiger partial charge in [-0.05, 0) is 31.0 Å². The van der Waals surface area contributed by atoms with Crippen molar-refractivity contribution >= 4 is 26.0 Å². The van der Waals surface area contributed by atoms with E-state index < -0.39 is 16.1 Å². The second-order valence-corrected chi connectivity index (χ2v) is 6.42. The number of aliphatic hydroxyl groups is 1. The largest absolute Gasteiger partial charge is 0.395 e. The van der Waals surface area contributed by atoms with Crippen molar-refractivity contribution in [1.82, 2.24) is 4.72 Å². The second-order valence-electron chi connectivity index (χ2n) is 3.82. The number of nitrogens with one attached hydrogen (secondary N) is 1. The zero-order chi connectivity index (χ0) is 13.1. The predicted molar refractivity (Wildman–Crippen MR) is 70.4 cm³/mol. The maximum atomic E-state index is 12.1. The van der Waals surface area contributed by atoms with E-state index in [-0.39, 0.29) is 11.5 Å². The lowest BCUT2D eigenvalue weighted by Crippen LogP contribution is -2.37. The second kappa shape index (κ2) is 5.95. The number of aryl methyl sites for hydroxylation is 1. The van der Waals surface area contributed by atoms with Gasteiger partial charge in [-0.2, -0.15) is 0 Å². The highest BCUT2D eigenvalue weighted by Gasteiger charge is 2.20. The lowest BCUT2D eigenvalue weighted by molar-refractivity contribution is 0.254. The van der Waals surface area contributed by atoms with Gasteiger partial charge >= 0.3 is 0 Å². The standard InChI is InChI=1S/C11H16BrNO3S/c1-3-10(7-14)13-17(15,16)11-6-9(12)5-4-8(11)2/h4-6,10,13-14H,3,7H2,1-2H3/t10-/m0/s1. The summed E-state index contributed by atoms with van der Waals surface area (Å²) in [5.41, 5.74) is 0.675. The van der Waals surface area contributed by atoms with E-state index in [0.29, 0.717) is 16.5 Å². The van der Waals surface area contributed by atoms with E-state index >= 15 is 0 Å². The molecule has 1 aromatic carbocycles. The molecule has 4 nitrogen and oxygen atoms in total. The van der Waals surface area contributed by atoms with E-state index in [9.17, 15) is 8.42 Å². The molecule has 2 N–H and O–H groups in total. The van der Waals surface area contributed by atoms with Gasteiger partial charge in [-0.25, -0.2) is 13.1 Å². The number of halogens is 1. The van der Waals surface area contributed by atoms with Crippen LogP contribution in [0.1, 0.15) is 18.9 Å². The minimum absolute atomic E-state index is 0.206. The Hall–Kier alpha value is -0.430. The minimum atomic E-state index is -3.58. The zero-order valence-electron chi connectivity index (χ0n) is 9.77. The number of hydrogen-bond acceptors (Lipinski definition) is 3. The fraction of sp³-hybridized carbons (Fsp3) is 0.455. The summed E-state index contributed by atoms with van der Waals surface area (Å²) in [4.78, 5) is 0.235. The number of hydrogen-bond donors (Lipinski definition) is 2. The third kappa shape index (κ3) is 3.77. The lowest BCUT2D eigenvalue weighted by atomic mass is 10.2. The molecule has 0 bridgehead atoms. The Morgan fingerprint density at radius 1 is 1.47 bits per heavy atom. The molecule has 0 aliphatic heterocycles. The monoisotopic (exact) mass is 321 g/mol. The van der Waals surface area contributed by atoms with E-state index in [4.69, 9.17) is 5.11 Å². The molecule has 0 heterocycles. The van der Waals surface area contributed by atoms with Gasteiger partial charge in [0.25, 0.3) is 0 Å². The molecule has 17 heavy (non-hydrogen) atoms. The van der Waals surface area contributed by atoms with Gasteiger partial charge in [-0.3, -0.25) is 0 Å². The van der Waals surface area contributed by atoms with Gasteiger partial charge in [0, 0.05) is 10.5 Å². The van der Waals surface area contributed by atoms with Crippen molar-refractivity contribution in [2.24, 2.45) is 0 Å². The molecule has 0 radical (unpaired) electrons. The molecule has 1 rings (SSSR count). The van der Waals surface area contributed by atoms with Crippen LogP contribution in [0.4, 0.5) is 0 Å². The summed E-state index contributed by atoms with van der Waals surface area (Å²) in [6.07, 6.45) is 0.544. The van der Waals surface area contributed by atoms with Gasteiger partial charge in [-0.15, -0.1) is 0 Å². The van der Waals surface area contributed by atoms with Crippen LogP contribution >= 0.6 is 15.9 Å². The molecule has 0 aliphatic rings. The van der Waals surface area contributed by atoms with E-state index in [2.05, 4.69) is 20.7 Å². The summed E-state index contributed by atoms with van der Waals surface area (Å²) < 4.78 is 27.4. The van der Waals surface area contributed by atoms with Crippen LogP contribution in [0.25, 0.3) is 0 Å². The fourth-order valence-corrected chi connectivity index (χ4v) is 3.49. The Labute approximate surface area is 110 Å². The summed E-state index contributed by atoms with van der Waals surface area (Å²) in [6.45, 7) is 3.35. The highest BCUT2D eigenvalue weighted by Crippen LogP contribution is 2.20. The van der Waals surface area contributed by atoms with Crippen LogP contribution in [0.5, 0.6) is 0 Å². The normalized spacial score (nSPS) is 13.6. The van der Waals surface area contributed by atoms with Crippen molar-refractivity contribution < 1.29 is 13.5 Å². The smallest absolute Gasteiger partial charge is 0.241 e. The first-order valence-corrected chi connectivity index (χ1v) is 7.57. The maximum Gasteiger partial charge on any atom is 0.241 e. The molecule has 0 spiro atoms. The summed E-state index contributed by atoms with van der Waals surface area (Å²) in [7, 11) is -3.58. The first-order chi connectivity index (χ1) is 7.90. The Morgan fingerprint density at radius 2 is 2.12 bits per heavy atom. The Balaban J connectivity index is 3.09. The van der Waals surface area contributed by atoms with E-state index in [1.54, 1.807) is 25.1 Å². The molecule has 1 atom stereocenters. The van der Waals surface area contributed by atoms with Crippen LogP contribution in [0.3, 0.4) is 0 Å². The van der Waals surface area contributed by atoms with Crippen molar-refractivity contribution in [1.29, 1.82) is 0 Å². The highest BCUT2D eigenvalue weighted by molar-refractivity contribution is 9.10. The molecule has 0 saturated carbocycles. The number of benzene rings is 1. The van der Waals surface area contributed by atoms with Gasteiger partial charge in [0.15, 0.2) is 0 Å². The summed E-state index contributed by atoms with van der Waals surface area (Å²) in [5, 5.41) is 9.02. The van der Waals surface area contributed by atoms with Crippen molar-refractivity contribution in [3.63, 3.8) is 0 Å². The first kappa shape index (κ1) is 14.6. The van der Waals surface area contributed by atoms with Crippen LogP contribution < -0.4 is 4.72 Å². The Bertz CT molecular complexity index is 483. The average molecular weight is 322 g/mol. The van der Waals surface area contributed by atoms with E-state index in [0.717, 1.165) is 0 Å². The maximum absolute atomic E-state index is 12.1. The van der Waals surface area contributed by atoms with Gasteiger partial charge < -0.3 is 5.11 Å². The molecule has 0 amide bonds. The Kier molecular flexibility index (Phi) is 5.12. The lowest BCUT2D eigenvalue weighted by Gasteiger charge is -2.15. The molecule has 0 saturated heterocycles. The van der Waals surface area contributed by atoms with Crippen LogP contribution in [-0.2, 0) is 10.0 Å². The zero-order valence-corrected chi connectivity index (χ0v) is 12.2. The van der Waals surface area contributed by atoms with Crippen molar-refractivity contribution in [2.45, 2.75) is 31.2 Å². The first-order valence-electron chi connectivity index (χ1n) is 5.30. The number of aliphatic hydroxyl groups excluding tert-OH is 1. The SMILES string of the molecule is CC[C@@H](CO)NS(=O)(=O)c1cc(Br)ccc1C. The predicted octanol–water partition coefficient (Wildman–Crippen LogP) is 1.81. The van der Waals surface area contributed by atoms with Gasteiger partial charge in [-0.1, -0.05) is 28.9 Å². The minimum Gasteiger partial charge on any atom is -0.395 e. The topological polar surface area (TPSA) is 66.4 Å². The molecule has 96 valence electrons. The molecule has 6 heteroatoms.